The summed E-state index contributed by atoms with van der Waals surface area (Å²) in [4.78, 5) is 34.4. The second-order valence-corrected chi connectivity index (χ2v) is 5.01. The van der Waals surface area contributed by atoms with Crippen LogP contribution in [0.4, 0.5) is 5.69 Å². The zero-order valence-corrected chi connectivity index (χ0v) is 11.8. The summed E-state index contributed by atoms with van der Waals surface area (Å²) >= 11 is 0. The lowest BCUT2D eigenvalue weighted by Gasteiger charge is -2.23. The van der Waals surface area contributed by atoms with E-state index in [1.54, 1.807) is 0 Å². The van der Waals surface area contributed by atoms with Crippen molar-refractivity contribution in [2.75, 3.05) is 13.1 Å². The molecule has 0 spiro atoms. The molecule has 8 nitrogen and oxygen atoms in total. The van der Waals surface area contributed by atoms with E-state index in [4.69, 9.17) is 5.73 Å². The molecule has 0 heterocycles. The van der Waals surface area contributed by atoms with Gasteiger partial charge in [-0.05, 0) is 18.1 Å². The molecule has 0 aliphatic heterocycles. The Hall–Kier alpha value is -2.64. The lowest BCUT2D eigenvalue weighted by molar-refractivity contribution is -0.385. The number of nitrogens with zero attached hydrogens (tertiary/aromatic N) is 2. The maximum atomic E-state index is 12.3. The summed E-state index contributed by atoms with van der Waals surface area (Å²) < 4.78 is 0. The van der Waals surface area contributed by atoms with Gasteiger partial charge in [0.15, 0.2) is 5.75 Å². The van der Waals surface area contributed by atoms with Gasteiger partial charge in [-0.25, -0.2) is 0 Å². The Kier molecular flexibility index (Phi) is 5.23. The average molecular weight is 295 g/mol. The normalized spacial score (nSPS) is 10.4. The first-order valence-corrected chi connectivity index (χ1v) is 6.27. The van der Waals surface area contributed by atoms with Gasteiger partial charge in [0.2, 0.25) is 5.91 Å². The largest absolute Gasteiger partial charge is 0.502 e. The van der Waals surface area contributed by atoms with Crippen molar-refractivity contribution < 1.29 is 19.6 Å². The minimum Gasteiger partial charge on any atom is -0.502 e. The maximum absolute atomic E-state index is 12.3. The van der Waals surface area contributed by atoms with Crippen molar-refractivity contribution in [3.63, 3.8) is 0 Å². The van der Waals surface area contributed by atoms with E-state index in [2.05, 4.69) is 0 Å². The molecular formula is C13H17N3O5. The van der Waals surface area contributed by atoms with Crippen LogP contribution in [-0.2, 0) is 4.79 Å². The number of rotatable bonds is 6. The lowest BCUT2D eigenvalue weighted by Crippen LogP contribution is -2.40. The van der Waals surface area contributed by atoms with Gasteiger partial charge in [-0.2, -0.15) is 0 Å². The van der Waals surface area contributed by atoms with Crippen LogP contribution in [0, 0.1) is 16.0 Å². The number of phenols is 1. The Bertz CT molecular complexity index is 571. The number of nitro groups is 1. The van der Waals surface area contributed by atoms with E-state index in [0.717, 1.165) is 12.1 Å². The number of amides is 2. The van der Waals surface area contributed by atoms with Gasteiger partial charge in [0.1, 0.15) is 0 Å². The molecule has 0 radical (unpaired) electrons. The Morgan fingerprint density at radius 3 is 2.48 bits per heavy atom. The lowest BCUT2D eigenvalue weighted by atomic mass is 10.1. The van der Waals surface area contributed by atoms with Crippen molar-refractivity contribution in [3.05, 3.63) is 33.9 Å². The third-order valence-electron chi connectivity index (χ3n) is 2.64. The quantitative estimate of drug-likeness (QED) is 0.595. The SMILES string of the molecule is CC(C)CN(CC(N)=O)C(=O)c1ccc([N+](=O)[O-])c(O)c1. The minimum absolute atomic E-state index is 0.0556. The van der Waals surface area contributed by atoms with Crippen molar-refractivity contribution in [2.45, 2.75) is 13.8 Å². The summed E-state index contributed by atoms with van der Waals surface area (Å²) in [5.41, 5.74) is 4.67. The van der Waals surface area contributed by atoms with E-state index < -0.39 is 28.2 Å². The van der Waals surface area contributed by atoms with E-state index in [1.165, 1.54) is 11.0 Å². The van der Waals surface area contributed by atoms with Gasteiger partial charge in [0.05, 0.1) is 11.5 Å². The molecule has 0 saturated carbocycles. The summed E-state index contributed by atoms with van der Waals surface area (Å²) in [7, 11) is 0. The first kappa shape index (κ1) is 16.4. The molecule has 0 aliphatic carbocycles. The Labute approximate surface area is 121 Å². The third-order valence-corrected chi connectivity index (χ3v) is 2.64. The fraction of sp³-hybridized carbons (Fsp3) is 0.385. The number of aromatic hydroxyl groups is 1. The molecule has 0 atom stereocenters. The Morgan fingerprint density at radius 2 is 2.05 bits per heavy atom. The predicted octanol–water partition coefficient (Wildman–Crippen LogP) is 0.884. The molecule has 0 aromatic heterocycles. The summed E-state index contributed by atoms with van der Waals surface area (Å²) in [6, 6.07) is 3.28. The van der Waals surface area contributed by atoms with Crippen LogP contribution >= 0.6 is 0 Å². The molecule has 0 fully saturated rings. The van der Waals surface area contributed by atoms with Gasteiger partial charge >= 0.3 is 5.69 Å². The van der Waals surface area contributed by atoms with E-state index >= 15 is 0 Å². The van der Waals surface area contributed by atoms with Crippen LogP contribution in [0.25, 0.3) is 0 Å². The van der Waals surface area contributed by atoms with Gasteiger partial charge in [-0.3, -0.25) is 19.7 Å². The maximum Gasteiger partial charge on any atom is 0.310 e. The van der Waals surface area contributed by atoms with Gasteiger partial charge in [0.25, 0.3) is 5.91 Å². The van der Waals surface area contributed by atoms with Crippen LogP contribution in [0.1, 0.15) is 24.2 Å². The zero-order chi connectivity index (χ0) is 16.2. The summed E-state index contributed by atoms with van der Waals surface area (Å²) in [6.45, 7) is 3.79. The highest BCUT2D eigenvalue weighted by molar-refractivity contribution is 5.97. The molecule has 21 heavy (non-hydrogen) atoms. The van der Waals surface area contributed by atoms with Gasteiger partial charge in [-0.15, -0.1) is 0 Å². The number of benzene rings is 1. The number of nitro benzene ring substituents is 1. The topological polar surface area (TPSA) is 127 Å². The molecule has 0 bridgehead atoms. The second-order valence-electron chi connectivity index (χ2n) is 5.01. The predicted molar refractivity (Wildman–Crippen MR) is 74.7 cm³/mol. The van der Waals surface area contributed by atoms with Crippen LogP contribution in [0.2, 0.25) is 0 Å². The molecule has 0 saturated heterocycles. The van der Waals surface area contributed by atoms with E-state index in [1.807, 2.05) is 13.8 Å². The molecule has 2 amide bonds. The molecular weight excluding hydrogens is 278 g/mol. The number of phenolic OH excluding ortho intramolecular Hbond substituents is 1. The van der Waals surface area contributed by atoms with Gasteiger partial charge < -0.3 is 15.7 Å². The summed E-state index contributed by atoms with van der Waals surface area (Å²) in [6.07, 6.45) is 0. The number of primary amides is 1. The highest BCUT2D eigenvalue weighted by Crippen LogP contribution is 2.26. The molecule has 8 heteroatoms. The third kappa shape index (κ3) is 4.44. The molecule has 1 aromatic carbocycles. The number of hydrogen-bond acceptors (Lipinski definition) is 5. The first-order chi connectivity index (χ1) is 9.72. The van der Waals surface area contributed by atoms with Gasteiger partial charge in [-0.1, -0.05) is 13.8 Å². The molecule has 3 N–H and O–H groups in total. The Morgan fingerprint density at radius 1 is 1.43 bits per heavy atom. The van der Waals surface area contributed by atoms with Crippen LogP contribution in [0.5, 0.6) is 5.75 Å². The van der Waals surface area contributed by atoms with Gasteiger partial charge in [0, 0.05) is 18.2 Å². The van der Waals surface area contributed by atoms with Crippen LogP contribution in [0.3, 0.4) is 0 Å². The van der Waals surface area contributed by atoms with Crippen molar-refractivity contribution in [3.8, 4) is 5.75 Å². The van der Waals surface area contributed by atoms with Crippen molar-refractivity contribution in [2.24, 2.45) is 11.7 Å². The number of carbonyl (C=O) groups excluding carboxylic acids is 2. The molecule has 0 unspecified atom stereocenters. The fourth-order valence-electron chi connectivity index (χ4n) is 1.84. The van der Waals surface area contributed by atoms with Crippen molar-refractivity contribution >= 4 is 17.5 Å². The molecule has 0 aliphatic rings. The monoisotopic (exact) mass is 295 g/mol. The highest BCUT2D eigenvalue weighted by Gasteiger charge is 2.21. The van der Waals surface area contributed by atoms with E-state index in [0.29, 0.717) is 6.54 Å². The number of hydrogen-bond donors (Lipinski definition) is 2. The summed E-state index contributed by atoms with van der Waals surface area (Å²) in [5, 5.41) is 20.2. The first-order valence-electron chi connectivity index (χ1n) is 6.27. The Balaban J connectivity index is 3.05. The molecule has 1 aromatic rings. The van der Waals surface area contributed by atoms with E-state index in [9.17, 15) is 24.8 Å². The number of nitrogens with two attached hydrogens (primary N) is 1. The number of carbonyl (C=O) groups is 2. The molecule has 1 rings (SSSR count). The second kappa shape index (κ2) is 6.69. The standard InChI is InChI=1S/C13H17N3O5/c1-8(2)6-15(7-12(14)18)13(19)9-3-4-10(16(20)21)11(17)5-9/h3-5,8,17H,6-7H2,1-2H3,(H2,14,18). The van der Waals surface area contributed by atoms with Crippen LogP contribution in [0.15, 0.2) is 18.2 Å². The smallest absolute Gasteiger partial charge is 0.310 e. The van der Waals surface area contributed by atoms with E-state index in [-0.39, 0.29) is 18.0 Å². The van der Waals surface area contributed by atoms with Crippen LogP contribution < -0.4 is 5.73 Å². The summed E-state index contributed by atoms with van der Waals surface area (Å²) in [5.74, 6) is -1.67. The zero-order valence-electron chi connectivity index (χ0n) is 11.8. The van der Waals surface area contributed by atoms with Crippen LogP contribution in [-0.4, -0.2) is 39.8 Å². The molecule has 114 valence electrons. The van der Waals surface area contributed by atoms with Crippen molar-refractivity contribution in [1.82, 2.24) is 4.90 Å². The minimum atomic E-state index is -0.751. The van der Waals surface area contributed by atoms with Crippen molar-refractivity contribution in [1.29, 1.82) is 0 Å². The average Bonchev–Trinajstić information content (AvgIpc) is 2.35. The highest BCUT2D eigenvalue weighted by atomic mass is 16.6. The fourth-order valence-corrected chi connectivity index (χ4v) is 1.84.